The van der Waals surface area contributed by atoms with Crippen molar-refractivity contribution < 1.29 is 4.74 Å². The number of rotatable bonds is 4. The van der Waals surface area contributed by atoms with Crippen LogP contribution in [-0.2, 0) is 4.74 Å². The molecule has 0 bridgehead atoms. The van der Waals surface area contributed by atoms with Gasteiger partial charge in [-0.15, -0.1) is 0 Å². The molecular weight excluding hydrogens is 176 g/mol. The summed E-state index contributed by atoms with van der Waals surface area (Å²) in [6.45, 7) is 9.38. The molecule has 1 aliphatic rings. The molecule has 0 aromatic carbocycles. The summed E-state index contributed by atoms with van der Waals surface area (Å²) in [5, 5.41) is 0. The van der Waals surface area contributed by atoms with E-state index in [1.807, 2.05) is 0 Å². The Hall–Kier alpha value is -0.120. The molecule has 0 spiro atoms. The van der Waals surface area contributed by atoms with Crippen LogP contribution in [0.25, 0.3) is 0 Å². The van der Waals surface area contributed by atoms with E-state index < -0.39 is 0 Å². The van der Waals surface area contributed by atoms with Crippen LogP contribution in [0.5, 0.6) is 0 Å². The van der Waals surface area contributed by atoms with Crippen LogP contribution in [0.2, 0.25) is 0 Å². The predicted octanol–water partition coefficient (Wildman–Crippen LogP) is 1.22. The van der Waals surface area contributed by atoms with Gasteiger partial charge in [0.15, 0.2) is 0 Å². The Kier molecular flexibility index (Phi) is 4.85. The van der Waals surface area contributed by atoms with Crippen LogP contribution in [0.15, 0.2) is 0 Å². The minimum absolute atomic E-state index is 0.294. The first-order chi connectivity index (χ1) is 6.70. The third-order valence-electron chi connectivity index (χ3n) is 3.36. The molecule has 14 heavy (non-hydrogen) atoms. The normalized spacial score (nSPS) is 28.7. The first-order valence-corrected chi connectivity index (χ1v) is 5.79. The van der Waals surface area contributed by atoms with Crippen molar-refractivity contribution in [1.29, 1.82) is 0 Å². The summed E-state index contributed by atoms with van der Waals surface area (Å²) in [6.07, 6.45) is 2.20. The van der Waals surface area contributed by atoms with E-state index in [2.05, 4.69) is 25.7 Å². The number of hydrogen-bond donors (Lipinski definition) is 1. The first-order valence-electron chi connectivity index (χ1n) is 5.79. The van der Waals surface area contributed by atoms with Crippen molar-refractivity contribution in [3.05, 3.63) is 0 Å². The van der Waals surface area contributed by atoms with Gasteiger partial charge in [-0.2, -0.15) is 0 Å². The Morgan fingerprint density at radius 1 is 1.50 bits per heavy atom. The van der Waals surface area contributed by atoms with Crippen molar-refractivity contribution in [3.63, 3.8) is 0 Å². The van der Waals surface area contributed by atoms with Gasteiger partial charge in [0.25, 0.3) is 0 Å². The highest BCUT2D eigenvalue weighted by Crippen LogP contribution is 2.16. The minimum atomic E-state index is 0.294. The maximum absolute atomic E-state index is 6.08. The van der Waals surface area contributed by atoms with Crippen molar-refractivity contribution in [2.75, 3.05) is 19.8 Å². The lowest BCUT2D eigenvalue weighted by atomic mass is 10.0. The van der Waals surface area contributed by atoms with Crippen molar-refractivity contribution >= 4 is 0 Å². The zero-order valence-corrected chi connectivity index (χ0v) is 9.70. The van der Waals surface area contributed by atoms with Crippen molar-refractivity contribution in [2.24, 2.45) is 5.73 Å². The largest absolute Gasteiger partial charge is 0.378 e. The van der Waals surface area contributed by atoms with Gasteiger partial charge in [0.1, 0.15) is 0 Å². The van der Waals surface area contributed by atoms with Gasteiger partial charge < -0.3 is 10.5 Å². The molecule has 0 aromatic heterocycles. The van der Waals surface area contributed by atoms with E-state index in [0.29, 0.717) is 18.1 Å². The summed E-state index contributed by atoms with van der Waals surface area (Å²) in [5.41, 5.74) is 6.08. The second kappa shape index (κ2) is 5.69. The number of nitrogens with two attached hydrogens (primary N) is 1. The topological polar surface area (TPSA) is 38.5 Å². The number of ether oxygens (including phenoxy) is 1. The molecule has 0 saturated carbocycles. The van der Waals surface area contributed by atoms with Gasteiger partial charge in [-0.1, -0.05) is 13.8 Å². The molecule has 3 atom stereocenters. The highest BCUT2D eigenvalue weighted by Gasteiger charge is 2.28. The molecule has 1 fully saturated rings. The molecule has 1 aliphatic heterocycles. The van der Waals surface area contributed by atoms with E-state index in [9.17, 15) is 0 Å². The van der Waals surface area contributed by atoms with Crippen LogP contribution in [0, 0.1) is 0 Å². The molecular formula is C11H24N2O. The molecule has 3 unspecified atom stereocenters. The maximum Gasteiger partial charge on any atom is 0.0622 e. The number of hydrogen-bond acceptors (Lipinski definition) is 3. The molecule has 2 N–H and O–H groups in total. The van der Waals surface area contributed by atoms with Gasteiger partial charge >= 0.3 is 0 Å². The highest BCUT2D eigenvalue weighted by atomic mass is 16.5. The molecule has 1 saturated heterocycles. The second-order valence-electron chi connectivity index (χ2n) is 4.19. The van der Waals surface area contributed by atoms with Crippen LogP contribution >= 0.6 is 0 Å². The maximum atomic E-state index is 6.08. The Morgan fingerprint density at radius 3 is 2.79 bits per heavy atom. The lowest BCUT2D eigenvalue weighted by Crippen LogP contribution is -2.55. The molecule has 84 valence electrons. The van der Waals surface area contributed by atoms with E-state index in [4.69, 9.17) is 10.5 Å². The molecule has 0 radical (unpaired) electrons. The molecule has 3 heteroatoms. The van der Waals surface area contributed by atoms with E-state index in [0.717, 1.165) is 32.6 Å². The molecule has 0 aromatic rings. The summed E-state index contributed by atoms with van der Waals surface area (Å²) >= 11 is 0. The lowest BCUT2D eigenvalue weighted by Gasteiger charge is -2.41. The van der Waals surface area contributed by atoms with Crippen molar-refractivity contribution in [2.45, 2.75) is 51.7 Å². The van der Waals surface area contributed by atoms with Crippen LogP contribution in [0.4, 0.5) is 0 Å². The molecule has 0 amide bonds. The fourth-order valence-electron chi connectivity index (χ4n) is 2.14. The van der Waals surface area contributed by atoms with Crippen LogP contribution in [0.3, 0.4) is 0 Å². The molecule has 3 nitrogen and oxygen atoms in total. The third-order valence-corrected chi connectivity index (χ3v) is 3.36. The van der Waals surface area contributed by atoms with E-state index in [-0.39, 0.29) is 0 Å². The van der Waals surface area contributed by atoms with Gasteiger partial charge in [-0.25, -0.2) is 0 Å². The Morgan fingerprint density at radius 2 is 2.21 bits per heavy atom. The molecule has 0 aliphatic carbocycles. The summed E-state index contributed by atoms with van der Waals surface area (Å²) in [7, 11) is 0. The van der Waals surface area contributed by atoms with E-state index in [1.54, 1.807) is 0 Å². The summed E-state index contributed by atoms with van der Waals surface area (Å²) < 4.78 is 5.48. The van der Waals surface area contributed by atoms with Gasteiger partial charge in [-0.3, -0.25) is 4.90 Å². The summed E-state index contributed by atoms with van der Waals surface area (Å²) in [6, 6.07) is 1.34. The fourth-order valence-corrected chi connectivity index (χ4v) is 2.14. The van der Waals surface area contributed by atoms with E-state index in [1.165, 1.54) is 0 Å². The zero-order valence-electron chi connectivity index (χ0n) is 9.70. The average molecular weight is 200 g/mol. The van der Waals surface area contributed by atoms with Gasteiger partial charge in [0.05, 0.1) is 13.2 Å². The minimum Gasteiger partial charge on any atom is -0.378 e. The van der Waals surface area contributed by atoms with Crippen LogP contribution < -0.4 is 5.73 Å². The average Bonchev–Trinajstić information content (AvgIpc) is 2.26. The second-order valence-corrected chi connectivity index (χ2v) is 4.19. The van der Waals surface area contributed by atoms with Crippen molar-refractivity contribution in [3.8, 4) is 0 Å². The first kappa shape index (κ1) is 12.0. The lowest BCUT2D eigenvalue weighted by molar-refractivity contribution is -0.0313. The van der Waals surface area contributed by atoms with Crippen LogP contribution in [-0.4, -0.2) is 42.8 Å². The zero-order chi connectivity index (χ0) is 10.6. The van der Waals surface area contributed by atoms with Crippen LogP contribution in [0.1, 0.15) is 33.6 Å². The summed E-state index contributed by atoms with van der Waals surface area (Å²) in [4.78, 5) is 2.51. The SMILES string of the molecule is CCC(N)C(C)N1CCOCC1CC. The monoisotopic (exact) mass is 200 g/mol. The fraction of sp³-hybridized carbons (Fsp3) is 1.00. The van der Waals surface area contributed by atoms with E-state index >= 15 is 0 Å². The number of morpholine rings is 1. The van der Waals surface area contributed by atoms with Crippen molar-refractivity contribution in [1.82, 2.24) is 4.90 Å². The smallest absolute Gasteiger partial charge is 0.0622 e. The predicted molar refractivity (Wildman–Crippen MR) is 59.3 cm³/mol. The standard InChI is InChI=1S/C11H24N2O/c1-4-10-8-14-7-6-13(10)9(3)11(12)5-2/h9-11H,4-8,12H2,1-3H3. The van der Waals surface area contributed by atoms with Gasteiger partial charge in [-0.05, 0) is 19.8 Å². The van der Waals surface area contributed by atoms with Gasteiger partial charge in [0.2, 0.25) is 0 Å². The summed E-state index contributed by atoms with van der Waals surface area (Å²) in [5.74, 6) is 0. The molecule has 1 heterocycles. The highest BCUT2D eigenvalue weighted by molar-refractivity contribution is 4.84. The Bertz CT molecular complexity index is 163. The quantitative estimate of drug-likeness (QED) is 0.741. The Balaban J connectivity index is 2.53. The Labute approximate surface area is 87.6 Å². The number of nitrogens with zero attached hydrogens (tertiary/aromatic N) is 1. The molecule has 1 rings (SSSR count). The van der Waals surface area contributed by atoms with Gasteiger partial charge in [0, 0.05) is 24.7 Å². The third kappa shape index (κ3) is 2.69.